The van der Waals surface area contributed by atoms with Gasteiger partial charge in [-0.2, -0.15) is 5.10 Å². The molecule has 0 saturated carbocycles. The maximum absolute atomic E-state index is 5.74. The second kappa shape index (κ2) is 7.10. The highest BCUT2D eigenvalue weighted by Gasteiger charge is 2.03. The Hall–Kier alpha value is -1.81. The molecule has 0 spiro atoms. The lowest BCUT2D eigenvalue weighted by atomic mass is 10.1. The zero-order chi connectivity index (χ0) is 14.4. The molecule has 1 aromatic heterocycles. The van der Waals surface area contributed by atoms with E-state index in [0.717, 1.165) is 24.3 Å². The van der Waals surface area contributed by atoms with Crippen LogP contribution < -0.4 is 10.1 Å². The number of hydrogen-bond donors (Lipinski definition) is 1. The summed E-state index contributed by atoms with van der Waals surface area (Å²) in [6.07, 6.45) is 4.83. The minimum absolute atomic E-state index is 0.502. The number of aryl methyl sites for hydroxylation is 1. The second-order valence-electron chi connectivity index (χ2n) is 5.12. The first-order valence-corrected chi connectivity index (χ1v) is 7.10. The first-order chi connectivity index (χ1) is 9.67. The van der Waals surface area contributed by atoms with Crippen LogP contribution in [0.15, 0.2) is 36.7 Å². The minimum Gasteiger partial charge on any atom is -0.489 e. The highest BCUT2D eigenvalue weighted by atomic mass is 16.5. The average molecular weight is 273 g/mol. The van der Waals surface area contributed by atoms with Gasteiger partial charge >= 0.3 is 0 Å². The van der Waals surface area contributed by atoms with Crippen LogP contribution in [0.2, 0.25) is 0 Å². The Morgan fingerprint density at radius 2 is 2.00 bits per heavy atom. The molecule has 0 bridgehead atoms. The highest BCUT2D eigenvalue weighted by Crippen LogP contribution is 2.15. The molecule has 0 aliphatic carbocycles. The Morgan fingerprint density at radius 1 is 1.25 bits per heavy atom. The minimum atomic E-state index is 0.502. The fourth-order valence-electron chi connectivity index (χ4n) is 2.21. The predicted octanol–water partition coefficient (Wildman–Crippen LogP) is 2.54. The maximum Gasteiger partial charge on any atom is 0.119 e. The molecule has 0 aliphatic rings. The molecule has 20 heavy (non-hydrogen) atoms. The molecule has 1 N–H and O–H groups in total. The van der Waals surface area contributed by atoms with Crippen molar-refractivity contribution in [1.29, 1.82) is 0 Å². The summed E-state index contributed by atoms with van der Waals surface area (Å²) in [5.41, 5.74) is 2.41. The standard InChI is InChI=1S/C16H23N3O/c1-4-17-13(2)9-14-5-7-16(8-6-14)20-12-15-10-18-19(3)11-15/h5-8,10-11,13,17H,4,9,12H2,1-3H3. The maximum atomic E-state index is 5.74. The predicted molar refractivity (Wildman–Crippen MR) is 80.8 cm³/mol. The summed E-state index contributed by atoms with van der Waals surface area (Å²) < 4.78 is 7.53. The number of aromatic nitrogens is 2. The number of benzene rings is 1. The lowest BCUT2D eigenvalue weighted by molar-refractivity contribution is 0.306. The van der Waals surface area contributed by atoms with Crippen molar-refractivity contribution in [2.75, 3.05) is 6.54 Å². The zero-order valence-corrected chi connectivity index (χ0v) is 12.5. The van der Waals surface area contributed by atoms with Crippen molar-refractivity contribution < 1.29 is 4.74 Å². The van der Waals surface area contributed by atoms with Crippen molar-refractivity contribution >= 4 is 0 Å². The third-order valence-corrected chi connectivity index (χ3v) is 3.18. The SMILES string of the molecule is CCNC(C)Cc1ccc(OCc2cnn(C)c2)cc1. The molecule has 2 aromatic rings. The van der Waals surface area contributed by atoms with Crippen LogP contribution in [-0.4, -0.2) is 22.4 Å². The lowest BCUT2D eigenvalue weighted by Crippen LogP contribution is -2.27. The smallest absolute Gasteiger partial charge is 0.119 e. The van der Waals surface area contributed by atoms with Crippen LogP contribution in [0.3, 0.4) is 0 Å². The van der Waals surface area contributed by atoms with Crippen molar-refractivity contribution in [3.8, 4) is 5.75 Å². The first-order valence-electron chi connectivity index (χ1n) is 7.10. The Bertz CT molecular complexity index is 519. The normalized spacial score (nSPS) is 12.3. The van der Waals surface area contributed by atoms with Gasteiger partial charge in [0.05, 0.1) is 6.20 Å². The van der Waals surface area contributed by atoms with Crippen molar-refractivity contribution in [2.24, 2.45) is 7.05 Å². The largest absolute Gasteiger partial charge is 0.489 e. The fourth-order valence-corrected chi connectivity index (χ4v) is 2.21. The molecule has 1 aromatic carbocycles. The molecule has 0 radical (unpaired) electrons. The van der Waals surface area contributed by atoms with Gasteiger partial charge in [-0.15, -0.1) is 0 Å². The molecule has 0 amide bonds. The van der Waals surface area contributed by atoms with Gasteiger partial charge in [0.1, 0.15) is 12.4 Å². The van der Waals surface area contributed by atoms with Crippen LogP contribution in [0.4, 0.5) is 0 Å². The van der Waals surface area contributed by atoms with E-state index in [2.05, 4.69) is 36.4 Å². The summed E-state index contributed by atoms with van der Waals surface area (Å²) in [7, 11) is 1.91. The molecule has 2 rings (SSSR count). The van der Waals surface area contributed by atoms with Gasteiger partial charge in [0.15, 0.2) is 0 Å². The third-order valence-electron chi connectivity index (χ3n) is 3.18. The number of hydrogen-bond acceptors (Lipinski definition) is 3. The van der Waals surface area contributed by atoms with E-state index in [1.807, 2.05) is 31.6 Å². The van der Waals surface area contributed by atoms with Gasteiger partial charge in [-0.25, -0.2) is 0 Å². The Labute approximate surface area is 120 Å². The van der Waals surface area contributed by atoms with E-state index in [-0.39, 0.29) is 0 Å². The molecule has 4 heteroatoms. The van der Waals surface area contributed by atoms with Gasteiger partial charge in [0.25, 0.3) is 0 Å². The number of likely N-dealkylation sites (N-methyl/N-ethyl adjacent to an activating group) is 1. The molecule has 0 saturated heterocycles. The summed E-state index contributed by atoms with van der Waals surface area (Å²) >= 11 is 0. The van der Waals surface area contributed by atoms with Crippen molar-refractivity contribution in [2.45, 2.75) is 32.9 Å². The first kappa shape index (κ1) is 14.6. The van der Waals surface area contributed by atoms with E-state index < -0.39 is 0 Å². The van der Waals surface area contributed by atoms with Crippen LogP contribution in [0, 0.1) is 0 Å². The van der Waals surface area contributed by atoms with Crippen molar-refractivity contribution in [3.63, 3.8) is 0 Å². The van der Waals surface area contributed by atoms with Gasteiger partial charge in [-0.3, -0.25) is 4.68 Å². The van der Waals surface area contributed by atoms with E-state index in [1.165, 1.54) is 5.56 Å². The summed E-state index contributed by atoms with van der Waals surface area (Å²) in [5, 5.41) is 7.54. The van der Waals surface area contributed by atoms with Crippen LogP contribution in [0.25, 0.3) is 0 Å². The Balaban J connectivity index is 1.85. The monoisotopic (exact) mass is 273 g/mol. The third kappa shape index (κ3) is 4.38. The molecule has 0 fully saturated rings. The van der Waals surface area contributed by atoms with E-state index in [9.17, 15) is 0 Å². The summed E-state index contributed by atoms with van der Waals surface area (Å²) in [5.74, 6) is 0.897. The van der Waals surface area contributed by atoms with Crippen LogP contribution >= 0.6 is 0 Å². The molecule has 108 valence electrons. The molecule has 1 heterocycles. The van der Waals surface area contributed by atoms with Gasteiger partial charge in [0, 0.05) is 24.8 Å². The van der Waals surface area contributed by atoms with Crippen molar-refractivity contribution in [3.05, 3.63) is 47.8 Å². The van der Waals surface area contributed by atoms with Crippen LogP contribution in [-0.2, 0) is 20.1 Å². The lowest BCUT2D eigenvalue weighted by Gasteiger charge is -2.12. The van der Waals surface area contributed by atoms with E-state index in [4.69, 9.17) is 4.74 Å². The topological polar surface area (TPSA) is 39.1 Å². The summed E-state index contributed by atoms with van der Waals surface area (Å²) in [4.78, 5) is 0. The van der Waals surface area contributed by atoms with Crippen molar-refractivity contribution in [1.82, 2.24) is 15.1 Å². The van der Waals surface area contributed by atoms with Crippen LogP contribution in [0.5, 0.6) is 5.75 Å². The number of nitrogens with one attached hydrogen (secondary N) is 1. The zero-order valence-electron chi connectivity index (χ0n) is 12.5. The Morgan fingerprint density at radius 3 is 2.60 bits per heavy atom. The summed E-state index contributed by atoms with van der Waals surface area (Å²) in [6.45, 7) is 5.90. The molecule has 4 nitrogen and oxygen atoms in total. The Kier molecular flexibility index (Phi) is 5.18. The number of ether oxygens (including phenoxy) is 1. The van der Waals surface area contributed by atoms with E-state index in [1.54, 1.807) is 4.68 Å². The number of nitrogens with zero attached hydrogens (tertiary/aromatic N) is 2. The summed E-state index contributed by atoms with van der Waals surface area (Å²) in [6, 6.07) is 8.83. The molecule has 1 atom stereocenters. The number of rotatable bonds is 7. The molecular formula is C16H23N3O. The van der Waals surface area contributed by atoms with E-state index in [0.29, 0.717) is 12.6 Å². The second-order valence-corrected chi connectivity index (χ2v) is 5.12. The molecular weight excluding hydrogens is 250 g/mol. The van der Waals surface area contributed by atoms with Gasteiger partial charge in [-0.1, -0.05) is 19.1 Å². The van der Waals surface area contributed by atoms with Gasteiger partial charge in [-0.05, 0) is 37.6 Å². The highest BCUT2D eigenvalue weighted by molar-refractivity contribution is 5.28. The van der Waals surface area contributed by atoms with Crippen LogP contribution in [0.1, 0.15) is 25.0 Å². The average Bonchev–Trinajstić information content (AvgIpc) is 2.84. The van der Waals surface area contributed by atoms with Gasteiger partial charge < -0.3 is 10.1 Å². The van der Waals surface area contributed by atoms with E-state index >= 15 is 0 Å². The molecule has 1 unspecified atom stereocenters. The molecule has 0 aliphatic heterocycles. The quantitative estimate of drug-likeness (QED) is 0.842. The fraction of sp³-hybridized carbons (Fsp3) is 0.438. The van der Waals surface area contributed by atoms with Gasteiger partial charge in [0.2, 0.25) is 0 Å².